The van der Waals surface area contributed by atoms with Gasteiger partial charge in [0.25, 0.3) is 0 Å². The van der Waals surface area contributed by atoms with Crippen LogP contribution in [0.5, 0.6) is 0 Å². The Hall–Kier alpha value is -1.82. The first kappa shape index (κ1) is 13.6. The molecule has 1 fully saturated rings. The van der Waals surface area contributed by atoms with Gasteiger partial charge in [0.2, 0.25) is 5.91 Å². The van der Waals surface area contributed by atoms with Crippen molar-refractivity contribution in [2.24, 2.45) is 11.3 Å². The summed E-state index contributed by atoms with van der Waals surface area (Å²) in [6.45, 7) is 7.88. The Morgan fingerprint density at radius 2 is 2.05 bits per heavy atom. The number of hydrogen-bond donors (Lipinski definition) is 0. The first-order valence-electron chi connectivity index (χ1n) is 6.67. The zero-order valence-electron chi connectivity index (χ0n) is 11.8. The van der Waals surface area contributed by atoms with Crippen molar-refractivity contribution in [2.45, 2.75) is 33.7 Å². The highest BCUT2D eigenvalue weighted by Crippen LogP contribution is 2.34. The van der Waals surface area contributed by atoms with E-state index in [2.05, 4.69) is 26.8 Å². The van der Waals surface area contributed by atoms with Crippen LogP contribution in [0.3, 0.4) is 0 Å². The molecule has 0 saturated carbocycles. The normalized spacial score (nSPS) is 19.6. The van der Waals surface area contributed by atoms with Crippen molar-refractivity contribution in [1.29, 1.82) is 5.26 Å². The average molecular weight is 256 g/mol. The monoisotopic (exact) mass is 256 g/mol. The molecular weight excluding hydrogens is 236 g/mol. The van der Waals surface area contributed by atoms with Crippen LogP contribution in [-0.2, 0) is 11.3 Å². The van der Waals surface area contributed by atoms with Gasteiger partial charge in [-0.3, -0.25) is 4.79 Å². The van der Waals surface area contributed by atoms with E-state index in [4.69, 9.17) is 5.26 Å². The average Bonchev–Trinajstić information content (AvgIpc) is 2.72. The third-order valence-corrected chi connectivity index (χ3v) is 3.94. The molecule has 0 radical (unpaired) electrons. The summed E-state index contributed by atoms with van der Waals surface area (Å²) in [6, 6.07) is 9.69. The van der Waals surface area contributed by atoms with Crippen molar-refractivity contribution >= 4 is 5.91 Å². The highest BCUT2D eigenvalue weighted by atomic mass is 16.2. The van der Waals surface area contributed by atoms with Crippen LogP contribution in [-0.4, -0.2) is 17.4 Å². The van der Waals surface area contributed by atoms with Crippen LogP contribution >= 0.6 is 0 Å². The third kappa shape index (κ3) is 2.96. The van der Waals surface area contributed by atoms with Crippen LogP contribution in [0.4, 0.5) is 0 Å². The van der Waals surface area contributed by atoms with Crippen molar-refractivity contribution < 1.29 is 4.79 Å². The van der Waals surface area contributed by atoms with E-state index in [-0.39, 0.29) is 11.3 Å². The number of benzene rings is 1. The molecule has 19 heavy (non-hydrogen) atoms. The van der Waals surface area contributed by atoms with E-state index in [1.165, 1.54) is 0 Å². The fourth-order valence-electron chi connectivity index (χ4n) is 2.48. The van der Waals surface area contributed by atoms with E-state index >= 15 is 0 Å². The van der Waals surface area contributed by atoms with E-state index in [0.717, 1.165) is 12.1 Å². The molecule has 0 aliphatic carbocycles. The molecule has 2 rings (SSSR count). The van der Waals surface area contributed by atoms with E-state index in [1.807, 2.05) is 23.1 Å². The summed E-state index contributed by atoms with van der Waals surface area (Å²) in [6.07, 6.45) is 0.623. The Kier molecular flexibility index (Phi) is 3.61. The van der Waals surface area contributed by atoms with Crippen molar-refractivity contribution in [3.8, 4) is 6.07 Å². The topological polar surface area (TPSA) is 44.1 Å². The van der Waals surface area contributed by atoms with Crippen molar-refractivity contribution in [3.63, 3.8) is 0 Å². The van der Waals surface area contributed by atoms with Gasteiger partial charge in [0, 0.05) is 19.5 Å². The standard InChI is InChI=1S/C16H20N2O/c1-16(2,3)14-8-15(19)18(11-14)10-13-7-5-4-6-12(13)9-17/h4-7,14H,8,10-11H2,1-3H3. The van der Waals surface area contributed by atoms with Gasteiger partial charge in [-0.15, -0.1) is 0 Å². The van der Waals surface area contributed by atoms with E-state index in [1.54, 1.807) is 6.07 Å². The largest absolute Gasteiger partial charge is 0.338 e. The molecule has 1 heterocycles. The predicted octanol–water partition coefficient (Wildman–Crippen LogP) is 2.95. The summed E-state index contributed by atoms with van der Waals surface area (Å²) in [5.41, 5.74) is 1.75. The Labute approximate surface area is 114 Å². The van der Waals surface area contributed by atoms with Gasteiger partial charge in [-0.25, -0.2) is 0 Å². The SMILES string of the molecule is CC(C)(C)C1CC(=O)N(Cc2ccccc2C#N)C1. The molecule has 0 aromatic heterocycles. The summed E-state index contributed by atoms with van der Waals surface area (Å²) < 4.78 is 0. The molecule has 0 spiro atoms. The van der Waals surface area contributed by atoms with Crippen LogP contribution in [0, 0.1) is 22.7 Å². The minimum absolute atomic E-state index is 0.152. The Bertz CT molecular complexity index is 522. The molecule has 0 N–H and O–H groups in total. The molecule has 100 valence electrons. The van der Waals surface area contributed by atoms with Gasteiger partial charge in [-0.2, -0.15) is 5.26 Å². The first-order valence-corrected chi connectivity index (χ1v) is 6.67. The zero-order valence-corrected chi connectivity index (χ0v) is 11.8. The molecule has 1 atom stereocenters. The predicted molar refractivity (Wildman–Crippen MR) is 74.1 cm³/mol. The van der Waals surface area contributed by atoms with Gasteiger partial charge in [0.1, 0.15) is 0 Å². The number of hydrogen-bond acceptors (Lipinski definition) is 2. The summed E-state index contributed by atoms with van der Waals surface area (Å²) >= 11 is 0. The first-order chi connectivity index (χ1) is 8.91. The number of carbonyl (C=O) groups excluding carboxylic acids is 1. The third-order valence-electron chi connectivity index (χ3n) is 3.94. The maximum absolute atomic E-state index is 12.1. The summed E-state index contributed by atoms with van der Waals surface area (Å²) in [7, 11) is 0. The van der Waals surface area contributed by atoms with Crippen LogP contribution in [0.1, 0.15) is 38.3 Å². The molecule has 1 unspecified atom stereocenters. The fourth-order valence-corrected chi connectivity index (χ4v) is 2.48. The van der Waals surface area contributed by atoms with Gasteiger partial charge in [0.05, 0.1) is 11.6 Å². The smallest absolute Gasteiger partial charge is 0.223 e. The number of likely N-dealkylation sites (tertiary alicyclic amines) is 1. The van der Waals surface area contributed by atoms with E-state index in [9.17, 15) is 4.79 Å². The van der Waals surface area contributed by atoms with Crippen molar-refractivity contribution in [3.05, 3.63) is 35.4 Å². The number of amides is 1. The van der Waals surface area contributed by atoms with Gasteiger partial charge >= 0.3 is 0 Å². The number of nitriles is 1. The Morgan fingerprint density at radius 3 is 2.63 bits per heavy atom. The highest BCUT2D eigenvalue weighted by Gasteiger charge is 2.36. The molecule has 1 aliphatic rings. The molecule has 1 aromatic rings. The number of nitrogens with zero attached hydrogens (tertiary/aromatic N) is 2. The second-order valence-corrected chi connectivity index (χ2v) is 6.31. The Balaban J connectivity index is 2.13. The van der Waals surface area contributed by atoms with E-state index < -0.39 is 0 Å². The molecule has 3 heteroatoms. The van der Waals surface area contributed by atoms with Gasteiger partial charge < -0.3 is 4.90 Å². The second-order valence-electron chi connectivity index (χ2n) is 6.31. The molecular formula is C16H20N2O. The molecule has 0 bridgehead atoms. The summed E-state index contributed by atoms with van der Waals surface area (Å²) in [4.78, 5) is 14.0. The van der Waals surface area contributed by atoms with Crippen LogP contribution in [0.15, 0.2) is 24.3 Å². The van der Waals surface area contributed by atoms with Crippen molar-refractivity contribution in [2.75, 3.05) is 6.54 Å². The van der Waals surface area contributed by atoms with E-state index in [0.29, 0.717) is 24.4 Å². The van der Waals surface area contributed by atoms with Crippen molar-refractivity contribution in [1.82, 2.24) is 4.90 Å². The van der Waals surface area contributed by atoms with Gasteiger partial charge in [-0.1, -0.05) is 39.0 Å². The molecule has 3 nitrogen and oxygen atoms in total. The van der Waals surface area contributed by atoms with Gasteiger partial charge in [-0.05, 0) is 23.0 Å². The van der Waals surface area contributed by atoms with Crippen LogP contribution in [0.2, 0.25) is 0 Å². The minimum Gasteiger partial charge on any atom is -0.338 e. The maximum atomic E-state index is 12.1. The lowest BCUT2D eigenvalue weighted by Crippen LogP contribution is -2.27. The van der Waals surface area contributed by atoms with Crippen LogP contribution < -0.4 is 0 Å². The van der Waals surface area contributed by atoms with Gasteiger partial charge in [0.15, 0.2) is 0 Å². The Morgan fingerprint density at radius 1 is 1.37 bits per heavy atom. The molecule has 1 saturated heterocycles. The zero-order chi connectivity index (χ0) is 14.0. The second kappa shape index (κ2) is 5.05. The summed E-state index contributed by atoms with van der Waals surface area (Å²) in [5, 5.41) is 9.09. The number of rotatable bonds is 2. The molecule has 1 aromatic carbocycles. The number of carbonyl (C=O) groups is 1. The maximum Gasteiger partial charge on any atom is 0.223 e. The minimum atomic E-state index is 0.152. The lowest BCUT2D eigenvalue weighted by molar-refractivity contribution is -0.128. The van der Waals surface area contributed by atoms with Crippen LogP contribution in [0.25, 0.3) is 0 Å². The summed E-state index contributed by atoms with van der Waals surface area (Å²) in [5.74, 6) is 0.599. The lowest BCUT2D eigenvalue weighted by Gasteiger charge is -2.26. The fraction of sp³-hybridized carbons (Fsp3) is 0.500. The molecule has 1 aliphatic heterocycles. The highest BCUT2D eigenvalue weighted by molar-refractivity contribution is 5.78. The lowest BCUT2D eigenvalue weighted by atomic mass is 9.80. The molecule has 1 amide bonds. The quantitative estimate of drug-likeness (QED) is 0.816.